The van der Waals surface area contributed by atoms with Crippen molar-refractivity contribution in [1.29, 1.82) is 5.26 Å². The van der Waals surface area contributed by atoms with Crippen LogP contribution in [-0.4, -0.2) is 38.0 Å². The Balaban J connectivity index is 1.66. The maximum atomic E-state index is 9.52. The SMILES string of the molecule is CC(C)COCCOCC(C#N)(NC1CC1)C1CC1. The molecule has 0 radical (unpaired) electrons. The summed E-state index contributed by atoms with van der Waals surface area (Å²) in [7, 11) is 0. The first-order valence-electron chi connectivity index (χ1n) is 7.51. The zero-order chi connectivity index (χ0) is 13.7. The van der Waals surface area contributed by atoms with E-state index in [9.17, 15) is 5.26 Å². The lowest BCUT2D eigenvalue weighted by atomic mass is 9.96. The molecule has 1 N–H and O–H groups in total. The molecule has 0 aliphatic heterocycles. The molecule has 0 amide bonds. The first-order chi connectivity index (χ1) is 9.16. The zero-order valence-electron chi connectivity index (χ0n) is 12.2. The molecule has 0 spiro atoms. The Labute approximate surface area is 116 Å². The molecule has 0 aromatic heterocycles. The predicted molar refractivity (Wildman–Crippen MR) is 73.7 cm³/mol. The van der Waals surface area contributed by atoms with Crippen molar-refractivity contribution < 1.29 is 9.47 Å². The van der Waals surface area contributed by atoms with Gasteiger partial charge in [-0.05, 0) is 37.5 Å². The first-order valence-corrected chi connectivity index (χ1v) is 7.51. The lowest BCUT2D eigenvalue weighted by Gasteiger charge is -2.28. The molecule has 0 saturated heterocycles. The van der Waals surface area contributed by atoms with E-state index < -0.39 is 5.54 Å². The summed E-state index contributed by atoms with van der Waals surface area (Å²) in [4.78, 5) is 0. The van der Waals surface area contributed by atoms with E-state index in [0.29, 0.717) is 37.7 Å². The van der Waals surface area contributed by atoms with Crippen LogP contribution in [-0.2, 0) is 9.47 Å². The fourth-order valence-corrected chi connectivity index (χ4v) is 2.27. The van der Waals surface area contributed by atoms with E-state index in [1.807, 2.05) is 0 Å². The maximum absolute atomic E-state index is 9.52. The van der Waals surface area contributed by atoms with Crippen LogP contribution in [0.5, 0.6) is 0 Å². The van der Waals surface area contributed by atoms with Crippen molar-refractivity contribution in [3.8, 4) is 6.07 Å². The number of rotatable bonds is 10. The van der Waals surface area contributed by atoms with Crippen LogP contribution < -0.4 is 5.32 Å². The second-order valence-electron chi connectivity index (χ2n) is 6.30. The molecule has 0 bridgehead atoms. The molecule has 2 fully saturated rings. The molecule has 1 atom stereocenters. The minimum absolute atomic E-state index is 0.445. The van der Waals surface area contributed by atoms with Crippen LogP contribution in [0.4, 0.5) is 0 Å². The monoisotopic (exact) mass is 266 g/mol. The highest BCUT2D eigenvalue weighted by Crippen LogP contribution is 2.41. The summed E-state index contributed by atoms with van der Waals surface area (Å²) in [6, 6.07) is 3.02. The van der Waals surface area contributed by atoms with Gasteiger partial charge in [-0.3, -0.25) is 5.32 Å². The second kappa shape index (κ2) is 6.69. The number of hydrogen-bond donors (Lipinski definition) is 1. The fraction of sp³-hybridized carbons (Fsp3) is 0.933. The summed E-state index contributed by atoms with van der Waals surface area (Å²) in [5, 5.41) is 13.0. The Morgan fingerprint density at radius 3 is 2.42 bits per heavy atom. The van der Waals surface area contributed by atoms with E-state index in [0.717, 1.165) is 19.4 Å². The van der Waals surface area contributed by atoms with Crippen molar-refractivity contribution in [2.24, 2.45) is 11.8 Å². The smallest absolute Gasteiger partial charge is 0.133 e. The molecule has 2 aliphatic carbocycles. The van der Waals surface area contributed by atoms with Gasteiger partial charge in [-0.25, -0.2) is 0 Å². The molecule has 19 heavy (non-hydrogen) atoms. The van der Waals surface area contributed by atoms with Crippen molar-refractivity contribution in [3.63, 3.8) is 0 Å². The van der Waals surface area contributed by atoms with Crippen LogP contribution in [0.2, 0.25) is 0 Å². The largest absolute Gasteiger partial charge is 0.379 e. The standard InChI is InChI=1S/C15H26N2O2/c1-12(2)9-18-7-8-19-11-15(10-16,13-3-4-13)17-14-5-6-14/h12-14,17H,3-9,11H2,1-2H3. The molecule has 0 aromatic carbocycles. The molecule has 2 saturated carbocycles. The van der Waals surface area contributed by atoms with Crippen LogP contribution in [0, 0.1) is 23.2 Å². The summed E-state index contributed by atoms with van der Waals surface area (Å²) >= 11 is 0. The molecule has 2 rings (SSSR count). The molecule has 0 aromatic rings. The number of hydrogen-bond acceptors (Lipinski definition) is 4. The third-order valence-corrected chi connectivity index (χ3v) is 3.67. The molecular formula is C15H26N2O2. The van der Waals surface area contributed by atoms with Crippen molar-refractivity contribution in [1.82, 2.24) is 5.32 Å². The highest BCUT2D eigenvalue weighted by atomic mass is 16.5. The zero-order valence-corrected chi connectivity index (χ0v) is 12.2. The normalized spacial score (nSPS) is 22.2. The van der Waals surface area contributed by atoms with Gasteiger partial charge in [0, 0.05) is 12.6 Å². The highest BCUT2D eigenvalue weighted by molar-refractivity contribution is 5.17. The fourth-order valence-electron chi connectivity index (χ4n) is 2.27. The molecule has 108 valence electrons. The van der Waals surface area contributed by atoms with Gasteiger partial charge in [0.2, 0.25) is 0 Å². The summed E-state index contributed by atoms with van der Waals surface area (Å²) in [6.45, 7) is 6.73. The van der Waals surface area contributed by atoms with Crippen LogP contribution in [0.3, 0.4) is 0 Å². The number of nitrogens with one attached hydrogen (secondary N) is 1. The molecule has 1 unspecified atom stereocenters. The van der Waals surface area contributed by atoms with E-state index in [1.54, 1.807) is 0 Å². The van der Waals surface area contributed by atoms with Gasteiger partial charge in [-0.15, -0.1) is 0 Å². The van der Waals surface area contributed by atoms with Gasteiger partial charge in [0.1, 0.15) is 5.54 Å². The average Bonchev–Trinajstić information content (AvgIpc) is 3.25. The van der Waals surface area contributed by atoms with Gasteiger partial charge in [0.05, 0.1) is 25.9 Å². The predicted octanol–water partition coefficient (Wildman–Crippen LogP) is 2.10. The van der Waals surface area contributed by atoms with Crippen LogP contribution in [0.1, 0.15) is 39.5 Å². The third kappa shape index (κ3) is 4.76. The summed E-state index contributed by atoms with van der Waals surface area (Å²) in [6.07, 6.45) is 4.71. The van der Waals surface area contributed by atoms with Crippen LogP contribution in [0.15, 0.2) is 0 Å². The Bertz CT molecular complexity index is 319. The summed E-state index contributed by atoms with van der Waals surface area (Å²) < 4.78 is 11.2. The van der Waals surface area contributed by atoms with Crippen molar-refractivity contribution in [2.45, 2.75) is 51.1 Å². The van der Waals surface area contributed by atoms with E-state index in [4.69, 9.17) is 9.47 Å². The van der Waals surface area contributed by atoms with Crippen molar-refractivity contribution in [3.05, 3.63) is 0 Å². The van der Waals surface area contributed by atoms with Crippen LogP contribution in [0.25, 0.3) is 0 Å². The van der Waals surface area contributed by atoms with E-state index in [1.165, 1.54) is 12.8 Å². The van der Waals surface area contributed by atoms with Gasteiger partial charge >= 0.3 is 0 Å². The van der Waals surface area contributed by atoms with E-state index in [-0.39, 0.29) is 0 Å². The highest BCUT2D eigenvalue weighted by Gasteiger charge is 2.48. The Kier molecular flexibility index (Phi) is 5.20. The Morgan fingerprint density at radius 2 is 1.89 bits per heavy atom. The quantitative estimate of drug-likeness (QED) is 0.615. The third-order valence-electron chi connectivity index (χ3n) is 3.67. The van der Waals surface area contributed by atoms with E-state index in [2.05, 4.69) is 25.2 Å². The van der Waals surface area contributed by atoms with Crippen LogP contribution >= 0.6 is 0 Å². The topological polar surface area (TPSA) is 54.3 Å². The molecule has 0 heterocycles. The van der Waals surface area contributed by atoms with Gasteiger partial charge in [-0.2, -0.15) is 5.26 Å². The minimum atomic E-state index is -0.445. The summed E-state index contributed by atoms with van der Waals surface area (Å²) in [5.41, 5.74) is -0.445. The van der Waals surface area contributed by atoms with Gasteiger partial charge in [0.25, 0.3) is 0 Å². The summed E-state index contributed by atoms with van der Waals surface area (Å²) in [5.74, 6) is 1.04. The molecule has 4 nitrogen and oxygen atoms in total. The Hall–Kier alpha value is -0.630. The van der Waals surface area contributed by atoms with Gasteiger partial charge in [0.15, 0.2) is 0 Å². The second-order valence-corrected chi connectivity index (χ2v) is 6.30. The first kappa shape index (κ1) is 14.8. The molecule has 4 heteroatoms. The lowest BCUT2D eigenvalue weighted by molar-refractivity contribution is 0.0183. The molecule has 2 aliphatic rings. The average molecular weight is 266 g/mol. The van der Waals surface area contributed by atoms with Gasteiger partial charge < -0.3 is 9.47 Å². The molecular weight excluding hydrogens is 240 g/mol. The van der Waals surface area contributed by atoms with E-state index >= 15 is 0 Å². The van der Waals surface area contributed by atoms with Crippen molar-refractivity contribution >= 4 is 0 Å². The minimum Gasteiger partial charge on any atom is -0.379 e. The maximum Gasteiger partial charge on any atom is 0.133 e. The Morgan fingerprint density at radius 1 is 1.21 bits per heavy atom. The van der Waals surface area contributed by atoms with Crippen molar-refractivity contribution in [2.75, 3.05) is 26.4 Å². The lowest BCUT2D eigenvalue weighted by Crippen LogP contribution is -2.51. The number of nitriles is 1. The number of ether oxygens (including phenoxy) is 2. The number of nitrogens with zero attached hydrogens (tertiary/aromatic N) is 1. The van der Waals surface area contributed by atoms with Gasteiger partial charge in [-0.1, -0.05) is 13.8 Å².